The van der Waals surface area contributed by atoms with Gasteiger partial charge in [-0.1, -0.05) is 110 Å². The maximum Gasteiger partial charge on any atom is 0.0463 e. The average molecular weight is 765 g/mol. The summed E-state index contributed by atoms with van der Waals surface area (Å²) in [4.78, 5) is 9.24. The van der Waals surface area contributed by atoms with Gasteiger partial charge >= 0.3 is 0 Å². The first kappa shape index (κ1) is 38.3. The lowest BCUT2D eigenvalue weighted by molar-refractivity contribution is 1.17. The van der Waals surface area contributed by atoms with Crippen molar-refractivity contribution in [2.75, 3.05) is 19.6 Å². The number of nitrogens with zero attached hydrogens (tertiary/aromatic N) is 4. The van der Waals surface area contributed by atoms with Gasteiger partial charge in [0.15, 0.2) is 0 Å². The molecule has 0 atom stereocenters. The minimum absolute atomic E-state index is 0.967. The highest BCUT2D eigenvalue weighted by Crippen LogP contribution is 2.42. The van der Waals surface area contributed by atoms with E-state index in [9.17, 15) is 0 Å². The highest BCUT2D eigenvalue weighted by molar-refractivity contribution is 5.84. The molecular weight excluding hydrogens is 717 g/mol. The van der Waals surface area contributed by atoms with E-state index in [0.717, 1.165) is 74.7 Å². The van der Waals surface area contributed by atoms with Gasteiger partial charge in [-0.3, -0.25) is 0 Å². The van der Waals surface area contributed by atoms with Crippen LogP contribution >= 0.6 is 0 Å². The normalized spacial score (nSPS) is 11.3. The van der Waals surface area contributed by atoms with Crippen LogP contribution in [0.2, 0.25) is 0 Å². The lowest BCUT2D eigenvalue weighted by Gasteiger charge is -2.30. The van der Waals surface area contributed by atoms with Crippen molar-refractivity contribution in [2.24, 2.45) is 0 Å². The summed E-state index contributed by atoms with van der Waals surface area (Å²) in [5.41, 5.74) is 13.1. The van der Waals surface area contributed by atoms with Crippen LogP contribution in [0.5, 0.6) is 0 Å². The minimum Gasteiger partial charge on any atom is -0.311 e. The molecule has 0 unspecified atom stereocenters. The lowest BCUT2D eigenvalue weighted by Crippen LogP contribution is -2.16. The Morgan fingerprint density at radius 1 is 0.322 bits per heavy atom. The van der Waals surface area contributed by atoms with Crippen LogP contribution in [0.15, 0.2) is 248 Å². The second-order valence-corrected chi connectivity index (χ2v) is 14.1. The summed E-state index contributed by atoms with van der Waals surface area (Å²) in [6, 6.07) is 79.4. The number of hydrogen-bond donors (Lipinski definition) is 0. The van der Waals surface area contributed by atoms with Crippen LogP contribution in [0.1, 0.15) is 20.3 Å². The fraction of sp³-hybridized carbons (Fsp3) is 0.0545. The lowest BCUT2D eigenvalue weighted by atomic mass is 10.1. The van der Waals surface area contributed by atoms with Crippen molar-refractivity contribution >= 4 is 62.6 Å². The average Bonchev–Trinajstić information content (AvgIpc) is 3.31. The van der Waals surface area contributed by atoms with Gasteiger partial charge in [-0.05, 0) is 153 Å². The van der Waals surface area contributed by atoms with E-state index in [1.807, 2.05) is 0 Å². The number of para-hydroxylation sites is 5. The Bertz CT molecular complexity index is 2350. The molecule has 4 nitrogen and oxygen atoms in total. The molecule has 0 saturated heterocycles. The minimum atomic E-state index is 0.967. The highest BCUT2D eigenvalue weighted by atomic mass is 15.2. The van der Waals surface area contributed by atoms with Gasteiger partial charge in [-0.2, -0.15) is 0 Å². The van der Waals surface area contributed by atoms with Crippen LogP contribution in [-0.2, 0) is 0 Å². The van der Waals surface area contributed by atoms with Crippen molar-refractivity contribution in [2.45, 2.75) is 20.3 Å². The highest BCUT2D eigenvalue weighted by Gasteiger charge is 2.19. The van der Waals surface area contributed by atoms with Crippen LogP contribution in [-0.4, -0.2) is 0 Å². The third-order valence-corrected chi connectivity index (χ3v) is 10.2. The maximum absolute atomic E-state index is 2.34. The van der Waals surface area contributed by atoms with Crippen LogP contribution < -0.4 is 19.6 Å². The predicted octanol–water partition coefficient (Wildman–Crippen LogP) is 16.1. The van der Waals surface area contributed by atoms with Gasteiger partial charge in [0, 0.05) is 68.3 Å². The largest absolute Gasteiger partial charge is 0.311 e. The Morgan fingerprint density at radius 3 is 0.797 bits per heavy atom. The molecule has 0 saturated carbocycles. The molecular formula is C55H48N4. The molecule has 288 valence electrons. The molecule has 0 radical (unpaired) electrons. The molecule has 8 aromatic carbocycles. The van der Waals surface area contributed by atoms with Gasteiger partial charge < -0.3 is 19.6 Å². The molecule has 8 rings (SSSR count). The molecule has 0 bridgehead atoms. The summed E-state index contributed by atoms with van der Waals surface area (Å²) in [7, 11) is 0. The number of hydrogen-bond acceptors (Lipinski definition) is 4. The molecule has 0 aliphatic heterocycles. The maximum atomic E-state index is 2.34. The molecule has 8 aromatic rings. The van der Waals surface area contributed by atoms with Crippen molar-refractivity contribution < 1.29 is 0 Å². The molecule has 0 amide bonds. The molecule has 59 heavy (non-hydrogen) atoms. The zero-order valence-corrected chi connectivity index (χ0v) is 33.6. The number of anilines is 11. The van der Waals surface area contributed by atoms with Crippen LogP contribution in [0.4, 0.5) is 62.6 Å². The van der Waals surface area contributed by atoms with Gasteiger partial charge in [-0.25, -0.2) is 0 Å². The monoisotopic (exact) mass is 764 g/mol. The first-order valence-corrected chi connectivity index (χ1v) is 20.3. The first-order valence-electron chi connectivity index (χ1n) is 20.3. The van der Waals surface area contributed by atoms with Gasteiger partial charge in [0.2, 0.25) is 0 Å². The third kappa shape index (κ3) is 8.73. The standard InChI is InChI=1S/C55H48N4/c1-3-5-21-44(4-2)56(45-22-11-6-12-23-45)50-32-34-53(35-33-50)59(54-40-36-51(37-41-54)57(46-24-13-7-14-25-46)47-26-15-8-16-27-47)55-42-38-52(39-43-55)58(48-28-17-9-18-29-48)49-30-19-10-20-31-49/h4-43H,3H2,1-2H3/b21-5-,44-4+. The third-order valence-electron chi connectivity index (χ3n) is 10.2. The van der Waals surface area contributed by atoms with Crippen LogP contribution in [0.25, 0.3) is 0 Å². The first-order chi connectivity index (χ1) is 29.2. The summed E-state index contributed by atoms with van der Waals surface area (Å²) in [6.45, 7) is 4.27. The zero-order chi connectivity index (χ0) is 40.2. The Balaban J connectivity index is 1.21. The fourth-order valence-electron chi connectivity index (χ4n) is 7.46. The summed E-state index contributed by atoms with van der Waals surface area (Å²) in [5, 5.41) is 0. The molecule has 4 heteroatoms. The van der Waals surface area contributed by atoms with E-state index >= 15 is 0 Å². The van der Waals surface area contributed by atoms with E-state index in [1.165, 1.54) is 0 Å². The van der Waals surface area contributed by atoms with Crippen molar-refractivity contribution in [3.05, 3.63) is 248 Å². The van der Waals surface area contributed by atoms with E-state index in [2.05, 4.69) is 276 Å². The Kier molecular flexibility index (Phi) is 12.1. The smallest absolute Gasteiger partial charge is 0.0463 e. The molecule has 0 spiro atoms. The summed E-state index contributed by atoms with van der Waals surface area (Å²) >= 11 is 0. The van der Waals surface area contributed by atoms with E-state index in [-0.39, 0.29) is 0 Å². The van der Waals surface area contributed by atoms with E-state index in [0.29, 0.717) is 0 Å². The van der Waals surface area contributed by atoms with E-state index in [4.69, 9.17) is 0 Å². The second-order valence-electron chi connectivity index (χ2n) is 14.1. The molecule has 0 N–H and O–H groups in total. The van der Waals surface area contributed by atoms with Gasteiger partial charge in [0.05, 0.1) is 0 Å². The molecule has 0 aromatic heterocycles. The van der Waals surface area contributed by atoms with Gasteiger partial charge in [-0.15, -0.1) is 0 Å². The van der Waals surface area contributed by atoms with Gasteiger partial charge in [0.1, 0.15) is 0 Å². The molecule has 0 aliphatic rings. The fourth-order valence-corrected chi connectivity index (χ4v) is 7.46. The van der Waals surface area contributed by atoms with Crippen LogP contribution in [0, 0.1) is 0 Å². The van der Waals surface area contributed by atoms with Crippen molar-refractivity contribution in [1.82, 2.24) is 0 Å². The topological polar surface area (TPSA) is 13.0 Å². The predicted molar refractivity (Wildman–Crippen MR) is 252 cm³/mol. The molecule has 0 aliphatic carbocycles. The summed E-state index contributed by atoms with van der Waals surface area (Å²) in [5.74, 6) is 0. The number of benzene rings is 8. The molecule has 0 heterocycles. The van der Waals surface area contributed by atoms with Crippen molar-refractivity contribution in [3.63, 3.8) is 0 Å². The number of rotatable bonds is 14. The van der Waals surface area contributed by atoms with Crippen LogP contribution in [0.3, 0.4) is 0 Å². The van der Waals surface area contributed by atoms with E-state index in [1.54, 1.807) is 0 Å². The molecule has 0 fully saturated rings. The van der Waals surface area contributed by atoms with Crippen molar-refractivity contribution in [3.8, 4) is 0 Å². The quantitative estimate of drug-likeness (QED) is 0.102. The van der Waals surface area contributed by atoms with Gasteiger partial charge in [0.25, 0.3) is 0 Å². The SMILES string of the molecule is C/C=C(\C=C/CC)N(c1ccccc1)c1ccc(N(c2ccc(N(c3ccccc3)c3ccccc3)cc2)c2ccc(N(c3ccccc3)c3ccccc3)cc2)cc1. The zero-order valence-electron chi connectivity index (χ0n) is 33.6. The van der Waals surface area contributed by atoms with E-state index < -0.39 is 0 Å². The summed E-state index contributed by atoms with van der Waals surface area (Å²) < 4.78 is 0. The Hall–Kier alpha value is -7.56. The number of allylic oxidation sites excluding steroid dienone is 3. The Labute approximate surface area is 349 Å². The Morgan fingerprint density at radius 2 is 0.542 bits per heavy atom. The summed E-state index contributed by atoms with van der Waals surface area (Å²) in [6.07, 6.45) is 7.56. The second kappa shape index (κ2) is 18.6. The van der Waals surface area contributed by atoms with Crippen molar-refractivity contribution in [1.29, 1.82) is 0 Å².